The molecule has 0 unspecified atom stereocenters. The molecule has 0 fully saturated rings. The Bertz CT molecular complexity index is 886. The second kappa shape index (κ2) is 6.29. The van der Waals surface area contributed by atoms with Crippen LogP contribution in [0, 0.1) is 20.8 Å². The van der Waals surface area contributed by atoms with Gasteiger partial charge in [-0.15, -0.1) is 0 Å². The van der Waals surface area contributed by atoms with Gasteiger partial charge in [0.2, 0.25) is 0 Å². The lowest BCUT2D eigenvalue weighted by Gasteiger charge is -2.21. The number of halogens is 1. The van der Waals surface area contributed by atoms with Crippen LogP contribution in [0.4, 0.5) is 5.69 Å². The first kappa shape index (κ1) is 17.1. The van der Waals surface area contributed by atoms with Gasteiger partial charge < -0.3 is 9.47 Å². The third kappa shape index (κ3) is 3.23. The van der Waals surface area contributed by atoms with Crippen LogP contribution in [0.25, 0.3) is 0 Å². The van der Waals surface area contributed by atoms with E-state index in [2.05, 4.69) is 20.7 Å². The number of aryl methyl sites for hydroxylation is 3. The van der Waals surface area contributed by atoms with E-state index in [-0.39, 0.29) is 0 Å². The van der Waals surface area contributed by atoms with Gasteiger partial charge in [-0.1, -0.05) is 17.7 Å². The van der Waals surface area contributed by atoms with E-state index in [1.54, 1.807) is 26.0 Å². The molecule has 0 saturated carbocycles. The summed E-state index contributed by atoms with van der Waals surface area (Å²) in [5.41, 5.74) is 2.88. The average molecular weight is 412 g/mol. The van der Waals surface area contributed by atoms with Crippen LogP contribution >= 0.6 is 15.9 Å². The lowest BCUT2D eigenvalue weighted by molar-refractivity contribution is 0.171. The first-order chi connectivity index (χ1) is 11.3. The number of hydrogen-bond acceptors (Lipinski definition) is 4. The number of benzene rings is 2. The summed E-state index contributed by atoms with van der Waals surface area (Å²) in [7, 11) is -3.72. The van der Waals surface area contributed by atoms with Crippen LogP contribution in [0.3, 0.4) is 0 Å². The zero-order chi connectivity index (χ0) is 17.5. The van der Waals surface area contributed by atoms with Gasteiger partial charge in [0.25, 0.3) is 10.0 Å². The second-order valence-electron chi connectivity index (χ2n) is 5.81. The lowest BCUT2D eigenvalue weighted by atomic mass is 10.1. The molecule has 0 radical (unpaired) electrons. The van der Waals surface area contributed by atoms with Crippen molar-refractivity contribution in [3.63, 3.8) is 0 Å². The molecule has 1 aliphatic heterocycles. The number of rotatable bonds is 3. The lowest BCUT2D eigenvalue weighted by Crippen LogP contribution is -2.18. The zero-order valence-corrected chi connectivity index (χ0v) is 16.0. The Morgan fingerprint density at radius 2 is 1.50 bits per heavy atom. The molecule has 24 heavy (non-hydrogen) atoms. The number of fused-ring (bicyclic) bond motifs is 1. The number of sulfonamides is 1. The summed E-state index contributed by atoms with van der Waals surface area (Å²) in [6.07, 6.45) is 0. The average Bonchev–Trinajstić information content (AvgIpc) is 2.46. The highest BCUT2D eigenvalue weighted by Gasteiger charge is 2.23. The molecular formula is C17H18BrNO4S. The Morgan fingerprint density at radius 3 is 2.08 bits per heavy atom. The Labute approximate surface area is 150 Å². The quantitative estimate of drug-likeness (QED) is 0.830. The maximum absolute atomic E-state index is 12.9. The maximum atomic E-state index is 12.9. The predicted molar refractivity (Wildman–Crippen MR) is 96.6 cm³/mol. The molecule has 2 aromatic rings. The van der Waals surface area contributed by atoms with E-state index in [1.807, 2.05) is 19.1 Å². The van der Waals surface area contributed by atoms with Gasteiger partial charge in [0.05, 0.1) is 10.6 Å². The summed E-state index contributed by atoms with van der Waals surface area (Å²) < 4.78 is 40.0. The van der Waals surface area contributed by atoms with Crippen molar-refractivity contribution in [2.45, 2.75) is 25.7 Å². The van der Waals surface area contributed by atoms with Crippen molar-refractivity contribution >= 4 is 31.6 Å². The fraction of sp³-hybridized carbons (Fsp3) is 0.294. The van der Waals surface area contributed by atoms with E-state index in [1.165, 1.54) is 0 Å². The van der Waals surface area contributed by atoms with Gasteiger partial charge in [-0.2, -0.15) is 0 Å². The van der Waals surface area contributed by atoms with E-state index >= 15 is 0 Å². The molecule has 1 heterocycles. The molecule has 2 aromatic carbocycles. The highest BCUT2D eigenvalue weighted by Crippen LogP contribution is 2.39. The van der Waals surface area contributed by atoms with E-state index in [4.69, 9.17) is 9.47 Å². The third-order valence-corrected chi connectivity index (χ3v) is 6.08. The minimum absolute atomic E-state index is 0.301. The van der Waals surface area contributed by atoms with Crippen molar-refractivity contribution in [3.8, 4) is 11.5 Å². The first-order valence-corrected chi connectivity index (χ1v) is 9.75. The molecule has 1 N–H and O–H groups in total. The molecule has 0 atom stereocenters. The van der Waals surface area contributed by atoms with E-state index in [0.717, 1.165) is 5.56 Å². The summed E-state index contributed by atoms with van der Waals surface area (Å²) >= 11 is 3.39. The molecular weight excluding hydrogens is 394 g/mol. The molecule has 0 bridgehead atoms. The van der Waals surface area contributed by atoms with Crippen molar-refractivity contribution in [1.82, 2.24) is 0 Å². The van der Waals surface area contributed by atoms with E-state index in [0.29, 0.717) is 50.9 Å². The summed E-state index contributed by atoms with van der Waals surface area (Å²) in [4.78, 5) is 0.301. The largest absolute Gasteiger partial charge is 0.486 e. The fourth-order valence-electron chi connectivity index (χ4n) is 2.93. The SMILES string of the molecule is Cc1cc(C)c(S(=O)(=O)Nc2cc3c(cc2Br)OCCO3)c(C)c1. The van der Waals surface area contributed by atoms with Crippen molar-refractivity contribution in [1.29, 1.82) is 0 Å². The minimum atomic E-state index is -3.72. The fourth-order valence-corrected chi connectivity index (χ4v) is 5.01. The Kier molecular flexibility index (Phi) is 4.48. The zero-order valence-electron chi connectivity index (χ0n) is 13.6. The number of hydrogen-bond donors (Lipinski definition) is 1. The van der Waals surface area contributed by atoms with Crippen molar-refractivity contribution < 1.29 is 17.9 Å². The predicted octanol–water partition coefficient (Wildman–Crippen LogP) is 3.95. The van der Waals surface area contributed by atoms with Crippen LogP contribution in [0.2, 0.25) is 0 Å². The molecule has 5 nitrogen and oxygen atoms in total. The molecule has 0 amide bonds. The topological polar surface area (TPSA) is 64.6 Å². The Balaban J connectivity index is 2.02. The Hall–Kier alpha value is -1.73. The number of ether oxygens (including phenoxy) is 2. The Morgan fingerprint density at radius 1 is 0.958 bits per heavy atom. The van der Waals surface area contributed by atoms with Crippen molar-refractivity contribution in [2.75, 3.05) is 17.9 Å². The third-order valence-electron chi connectivity index (χ3n) is 3.75. The number of anilines is 1. The molecule has 0 aliphatic carbocycles. The van der Waals surface area contributed by atoms with Crippen LogP contribution in [-0.4, -0.2) is 21.6 Å². The summed E-state index contributed by atoms with van der Waals surface area (Å²) in [5.74, 6) is 1.12. The smallest absolute Gasteiger partial charge is 0.262 e. The highest BCUT2D eigenvalue weighted by molar-refractivity contribution is 9.10. The number of nitrogens with one attached hydrogen (secondary N) is 1. The van der Waals surface area contributed by atoms with E-state index in [9.17, 15) is 8.42 Å². The normalized spacial score (nSPS) is 13.7. The van der Waals surface area contributed by atoms with E-state index < -0.39 is 10.0 Å². The van der Waals surface area contributed by atoms with Gasteiger partial charge in [-0.05, 0) is 47.8 Å². The maximum Gasteiger partial charge on any atom is 0.262 e. The van der Waals surface area contributed by atoms with Gasteiger partial charge in [0.15, 0.2) is 11.5 Å². The molecule has 0 saturated heterocycles. The minimum Gasteiger partial charge on any atom is -0.486 e. The van der Waals surface area contributed by atoms with Crippen LogP contribution in [-0.2, 0) is 10.0 Å². The monoisotopic (exact) mass is 411 g/mol. The molecule has 0 aromatic heterocycles. The van der Waals surface area contributed by atoms with Crippen LogP contribution in [0.15, 0.2) is 33.6 Å². The highest BCUT2D eigenvalue weighted by atomic mass is 79.9. The van der Waals surface area contributed by atoms with Gasteiger partial charge >= 0.3 is 0 Å². The second-order valence-corrected chi connectivity index (χ2v) is 8.28. The van der Waals surface area contributed by atoms with Crippen LogP contribution in [0.5, 0.6) is 11.5 Å². The van der Waals surface area contributed by atoms with Gasteiger partial charge in [-0.25, -0.2) is 8.42 Å². The molecule has 128 valence electrons. The van der Waals surface area contributed by atoms with Crippen LogP contribution in [0.1, 0.15) is 16.7 Å². The van der Waals surface area contributed by atoms with Crippen molar-refractivity contribution in [3.05, 3.63) is 45.4 Å². The summed E-state index contributed by atoms with van der Waals surface area (Å²) in [6.45, 7) is 6.46. The standard InChI is InChI=1S/C17H18BrNO4S/c1-10-6-11(2)17(12(3)7-10)24(20,21)19-14-9-16-15(8-13(14)18)22-4-5-23-16/h6-9,19H,4-5H2,1-3H3. The molecule has 0 spiro atoms. The summed E-state index contributed by atoms with van der Waals surface area (Å²) in [6, 6.07) is 7.07. The van der Waals surface area contributed by atoms with Gasteiger partial charge in [0.1, 0.15) is 13.2 Å². The first-order valence-electron chi connectivity index (χ1n) is 7.48. The van der Waals surface area contributed by atoms with Gasteiger partial charge in [0, 0.05) is 16.6 Å². The summed E-state index contributed by atoms with van der Waals surface area (Å²) in [5, 5.41) is 0. The van der Waals surface area contributed by atoms with Gasteiger partial charge in [-0.3, -0.25) is 4.72 Å². The molecule has 1 aliphatic rings. The van der Waals surface area contributed by atoms with Crippen molar-refractivity contribution in [2.24, 2.45) is 0 Å². The molecule has 7 heteroatoms. The van der Waals surface area contributed by atoms with Crippen LogP contribution < -0.4 is 14.2 Å². The molecule has 3 rings (SSSR count).